The Morgan fingerprint density at radius 1 is 1.21 bits per heavy atom. The summed E-state index contributed by atoms with van der Waals surface area (Å²) in [5.41, 5.74) is 3.15. The predicted octanol–water partition coefficient (Wildman–Crippen LogP) is 4.02. The largest absolute Gasteiger partial charge is 0.192 e. The van der Waals surface area contributed by atoms with Gasteiger partial charge in [0, 0.05) is 0 Å². The Morgan fingerprint density at radius 3 is 2.14 bits per heavy atom. The zero-order valence-electron chi connectivity index (χ0n) is 9.76. The van der Waals surface area contributed by atoms with Crippen LogP contribution in [0.1, 0.15) is 50.3 Å². The first-order valence-corrected chi connectivity index (χ1v) is 5.16. The van der Waals surface area contributed by atoms with Gasteiger partial charge in [-0.25, -0.2) is 0 Å². The van der Waals surface area contributed by atoms with Crippen LogP contribution in [-0.4, -0.2) is 0 Å². The van der Waals surface area contributed by atoms with E-state index in [2.05, 4.69) is 26.0 Å². The second-order valence-corrected chi connectivity index (χ2v) is 3.34. The van der Waals surface area contributed by atoms with E-state index in [1.54, 1.807) is 0 Å². The van der Waals surface area contributed by atoms with Crippen LogP contribution < -0.4 is 0 Å². The molecular weight excluding hydrogens is 170 g/mol. The molecule has 0 saturated heterocycles. The number of aryl methyl sites for hydroxylation is 1. The highest BCUT2D eigenvalue weighted by molar-refractivity contribution is 5.40. The summed E-state index contributed by atoms with van der Waals surface area (Å²) in [6, 6.07) is 8.17. The minimum Gasteiger partial charge on any atom is -0.192 e. The molecular formula is C13H19N. The van der Waals surface area contributed by atoms with Gasteiger partial charge in [-0.2, -0.15) is 5.26 Å². The second-order valence-electron chi connectivity index (χ2n) is 3.34. The molecule has 0 fully saturated rings. The summed E-state index contributed by atoms with van der Waals surface area (Å²) in [7, 11) is 0. The number of rotatable bonds is 1. The molecule has 0 aliphatic carbocycles. The van der Waals surface area contributed by atoms with Crippen molar-refractivity contribution in [3.8, 4) is 6.07 Å². The van der Waals surface area contributed by atoms with Crippen LogP contribution in [0.2, 0.25) is 0 Å². The molecule has 0 aromatic heterocycles. The van der Waals surface area contributed by atoms with E-state index in [4.69, 9.17) is 5.26 Å². The molecule has 0 N–H and O–H groups in total. The van der Waals surface area contributed by atoms with Gasteiger partial charge in [0.2, 0.25) is 0 Å². The monoisotopic (exact) mass is 189 g/mol. The molecule has 14 heavy (non-hydrogen) atoms. The van der Waals surface area contributed by atoms with Crippen molar-refractivity contribution < 1.29 is 0 Å². The summed E-state index contributed by atoms with van der Waals surface area (Å²) in [6.45, 7) is 10.3. The molecule has 0 radical (unpaired) electrons. The van der Waals surface area contributed by atoms with Crippen molar-refractivity contribution in [1.29, 1.82) is 5.26 Å². The van der Waals surface area contributed by atoms with Gasteiger partial charge in [0.15, 0.2) is 0 Å². The van der Waals surface area contributed by atoms with Crippen LogP contribution in [0.3, 0.4) is 0 Å². The SMILES string of the molecule is CC.Cc1cc(C(C)C)ccc1C#N. The number of nitrogens with zero attached hydrogens (tertiary/aromatic N) is 1. The predicted molar refractivity (Wildman–Crippen MR) is 61.3 cm³/mol. The van der Waals surface area contributed by atoms with Crippen molar-refractivity contribution in [2.24, 2.45) is 0 Å². The average molecular weight is 189 g/mol. The van der Waals surface area contributed by atoms with Gasteiger partial charge in [-0.05, 0) is 30.0 Å². The van der Waals surface area contributed by atoms with E-state index < -0.39 is 0 Å². The van der Waals surface area contributed by atoms with Gasteiger partial charge < -0.3 is 0 Å². The maximum Gasteiger partial charge on any atom is 0.0994 e. The third kappa shape index (κ3) is 3.22. The van der Waals surface area contributed by atoms with Crippen LogP contribution in [0.15, 0.2) is 18.2 Å². The first-order valence-electron chi connectivity index (χ1n) is 5.16. The van der Waals surface area contributed by atoms with E-state index in [0.717, 1.165) is 11.1 Å². The Bertz CT molecular complexity index is 318. The Hall–Kier alpha value is -1.29. The minimum atomic E-state index is 0.538. The molecule has 1 rings (SSSR count). The summed E-state index contributed by atoms with van der Waals surface area (Å²) >= 11 is 0. The highest BCUT2D eigenvalue weighted by atomic mass is 14.2. The zero-order chi connectivity index (χ0) is 11.1. The Balaban J connectivity index is 0.000000791. The second kappa shape index (κ2) is 6.21. The highest BCUT2D eigenvalue weighted by Crippen LogP contribution is 2.17. The molecule has 0 heterocycles. The van der Waals surface area contributed by atoms with Crippen LogP contribution in [0, 0.1) is 18.3 Å². The molecule has 0 atom stereocenters. The molecule has 0 aliphatic heterocycles. The van der Waals surface area contributed by atoms with E-state index in [0.29, 0.717) is 5.92 Å². The smallest absolute Gasteiger partial charge is 0.0994 e. The lowest BCUT2D eigenvalue weighted by Gasteiger charge is -2.06. The third-order valence-corrected chi connectivity index (χ3v) is 2.04. The van der Waals surface area contributed by atoms with Crippen molar-refractivity contribution >= 4 is 0 Å². The third-order valence-electron chi connectivity index (χ3n) is 2.04. The van der Waals surface area contributed by atoms with Gasteiger partial charge in [-0.1, -0.05) is 39.8 Å². The topological polar surface area (TPSA) is 23.8 Å². The highest BCUT2D eigenvalue weighted by Gasteiger charge is 2.01. The van der Waals surface area contributed by atoms with E-state index in [9.17, 15) is 0 Å². The van der Waals surface area contributed by atoms with E-state index in [1.807, 2.05) is 32.9 Å². The van der Waals surface area contributed by atoms with Gasteiger partial charge in [0.05, 0.1) is 11.6 Å². The average Bonchev–Trinajstić information content (AvgIpc) is 2.20. The molecule has 0 spiro atoms. The van der Waals surface area contributed by atoms with Crippen molar-refractivity contribution in [2.75, 3.05) is 0 Å². The maximum absolute atomic E-state index is 8.70. The lowest BCUT2D eigenvalue weighted by Crippen LogP contribution is -1.90. The lowest BCUT2D eigenvalue weighted by atomic mass is 9.98. The van der Waals surface area contributed by atoms with Crippen LogP contribution in [0.4, 0.5) is 0 Å². The van der Waals surface area contributed by atoms with Crippen LogP contribution in [0.25, 0.3) is 0 Å². The fraction of sp³-hybridized carbons (Fsp3) is 0.462. The standard InChI is InChI=1S/C11H13N.C2H6/c1-8(2)10-4-5-11(7-12)9(3)6-10;1-2/h4-6,8H,1-3H3;1-2H3. The zero-order valence-corrected chi connectivity index (χ0v) is 9.76. The van der Waals surface area contributed by atoms with Crippen LogP contribution >= 0.6 is 0 Å². The summed E-state index contributed by atoms with van der Waals surface area (Å²) < 4.78 is 0. The van der Waals surface area contributed by atoms with Crippen molar-refractivity contribution in [3.05, 3.63) is 34.9 Å². The normalized spacial score (nSPS) is 8.93. The summed E-state index contributed by atoms with van der Waals surface area (Å²) in [5.74, 6) is 0.538. The molecule has 0 aliphatic rings. The van der Waals surface area contributed by atoms with Crippen LogP contribution in [0.5, 0.6) is 0 Å². The molecule has 1 aromatic rings. The number of benzene rings is 1. The Kier molecular flexibility index (Phi) is 5.64. The van der Waals surface area contributed by atoms with Gasteiger partial charge in [0.1, 0.15) is 0 Å². The van der Waals surface area contributed by atoms with E-state index in [-0.39, 0.29) is 0 Å². The lowest BCUT2D eigenvalue weighted by molar-refractivity contribution is 0.864. The first-order chi connectivity index (χ1) is 6.65. The first kappa shape index (κ1) is 12.7. The summed E-state index contributed by atoms with van der Waals surface area (Å²) in [5, 5.41) is 8.70. The summed E-state index contributed by atoms with van der Waals surface area (Å²) in [6.07, 6.45) is 0. The van der Waals surface area contributed by atoms with Crippen molar-refractivity contribution in [2.45, 2.75) is 40.5 Å². The fourth-order valence-corrected chi connectivity index (χ4v) is 1.17. The quantitative estimate of drug-likeness (QED) is 0.654. The van der Waals surface area contributed by atoms with Gasteiger partial charge >= 0.3 is 0 Å². The van der Waals surface area contributed by atoms with Crippen molar-refractivity contribution in [1.82, 2.24) is 0 Å². The maximum atomic E-state index is 8.70. The Morgan fingerprint density at radius 2 is 1.79 bits per heavy atom. The molecule has 0 amide bonds. The molecule has 76 valence electrons. The molecule has 1 aromatic carbocycles. The number of hydrogen-bond donors (Lipinski definition) is 0. The van der Waals surface area contributed by atoms with Crippen LogP contribution in [-0.2, 0) is 0 Å². The molecule has 1 nitrogen and oxygen atoms in total. The molecule has 0 bridgehead atoms. The summed E-state index contributed by atoms with van der Waals surface area (Å²) in [4.78, 5) is 0. The van der Waals surface area contributed by atoms with E-state index >= 15 is 0 Å². The minimum absolute atomic E-state index is 0.538. The van der Waals surface area contributed by atoms with Gasteiger partial charge in [0.25, 0.3) is 0 Å². The molecule has 1 heteroatoms. The fourth-order valence-electron chi connectivity index (χ4n) is 1.17. The number of nitriles is 1. The molecule has 0 saturated carbocycles. The number of hydrogen-bond acceptors (Lipinski definition) is 1. The van der Waals surface area contributed by atoms with Gasteiger partial charge in [-0.3, -0.25) is 0 Å². The molecule has 0 unspecified atom stereocenters. The Labute approximate surface area is 87.4 Å². The van der Waals surface area contributed by atoms with Crippen molar-refractivity contribution in [3.63, 3.8) is 0 Å². The van der Waals surface area contributed by atoms with Gasteiger partial charge in [-0.15, -0.1) is 0 Å². The van der Waals surface area contributed by atoms with E-state index in [1.165, 1.54) is 5.56 Å².